The van der Waals surface area contributed by atoms with Gasteiger partial charge in [-0.2, -0.15) is 0 Å². The van der Waals surface area contributed by atoms with Crippen LogP contribution in [0.4, 0.5) is 0 Å². The number of aliphatic hydroxyl groups excluding tert-OH is 1. The average Bonchev–Trinajstić information content (AvgIpc) is 1.83. The molecule has 0 heterocycles. The van der Waals surface area contributed by atoms with Crippen LogP contribution in [-0.4, -0.2) is 30.8 Å². The first-order chi connectivity index (χ1) is 4.16. The van der Waals surface area contributed by atoms with Crippen molar-refractivity contribution >= 4 is 29.9 Å². The fraction of sp³-hybridized carbons (Fsp3) is 0.800. The van der Waals surface area contributed by atoms with Crippen molar-refractivity contribution in [2.45, 2.75) is 13.0 Å². The first kappa shape index (κ1) is 12.6. The molecule has 1 atom stereocenters. The summed E-state index contributed by atoms with van der Waals surface area (Å²) >= 11 is 0. The molecule has 0 bridgehead atoms. The molecule has 0 saturated carbocycles. The van der Waals surface area contributed by atoms with E-state index < -0.39 is 0 Å². The fourth-order valence-corrected chi connectivity index (χ4v) is 0.331. The smallest absolute Gasteiger partial charge is 0.188 e. The quantitative estimate of drug-likeness (QED) is 0.356. The summed E-state index contributed by atoms with van der Waals surface area (Å²) < 4.78 is 0. The highest BCUT2D eigenvalue weighted by Gasteiger charge is 1.93. The van der Waals surface area contributed by atoms with Gasteiger partial charge in [0.1, 0.15) is 0 Å². The van der Waals surface area contributed by atoms with Crippen LogP contribution in [0.1, 0.15) is 6.92 Å². The van der Waals surface area contributed by atoms with Crippen molar-refractivity contribution in [3.8, 4) is 0 Å². The van der Waals surface area contributed by atoms with Crippen LogP contribution in [0.5, 0.6) is 0 Å². The second-order valence-corrected chi connectivity index (χ2v) is 1.84. The van der Waals surface area contributed by atoms with Crippen molar-refractivity contribution in [3.63, 3.8) is 0 Å². The number of aliphatic hydroxyl groups is 1. The van der Waals surface area contributed by atoms with Crippen LogP contribution in [0.25, 0.3) is 0 Å². The zero-order valence-corrected chi connectivity index (χ0v) is 8.49. The molecule has 0 fully saturated rings. The first-order valence-corrected chi connectivity index (χ1v) is 2.81. The summed E-state index contributed by atoms with van der Waals surface area (Å²) in [5.74, 6) is 0.357. The number of nitrogens with one attached hydrogen (secondary N) is 1. The maximum Gasteiger partial charge on any atom is 0.188 e. The van der Waals surface area contributed by atoms with Gasteiger partial charge in [-0.05, 0) is 6.92 Å². The third-order valence-electron chi connectivity index (χ3n) is 0.819. The van der Waals surface area contributed by atoms with Gasteiger partial charge in [0.25, 0.3) is 0 Å². The number of halogens is 1. The van der Waals surface area contributed by atoms with Gasteiger partial charge >= 0.3 is 0 Å². The molecule has 0 aliphatic carbocycles. The van der Waals surface area contributed by atoms with Gasteiger partial charge in [0.05, 0.1) is 6.10 Å². The summed E-state index contributed by atoms with van der Waals surface area (Å²) in [4.78, 5) is 3.63. The fourth-order valence-electron chi connectivity index (χ4n) is 0.331. The molecule has 4 nitrogen and oxygen atoms in total. The highest BCUT2D eigenvalue weighted by molar-refractivity contribution is 14.0. The van der Waals surface area contributed by atoms with E-state index in [0.717, 1.165) is 0 Å². The summed E-state index contributed by atoms with van der Waals surface area (Å²) in [5.41, 5.74) is 5.25. The normalized spacial score (nSPS) is 13.7. The molecule has 0 aliphatic rings. The van der Waals surface area contributed by atoms with Crippen LogP contribution >= 0.6 is 24.0 Å². The third-order valence-corrected chi connectivity index (χ3v) is 0.819. The van der Waals surface area contributed by atoms with E-state index >= 15 is 0 Å². The maximum atomic E-state index is 8.72. The lowest BCUT2D eigenvalue weighted by Gasteiger charge is -2.05. The Morgan fingerprint density at radius 1 is 1.80 bits per heavy atom. The molecule has 0 aromatic heterocycles. The van der Waals surface area contributed by atoms with Gasteiger partial charge < -0.3 is 16.2 Å². The molecule has 10 heavy (non-hydrogen) atoms. The first-order valence-electron chi connectivity index (χ1n) is 2.81. The Kier molecular flexibility index (Phi) is 8.92. The highest BCUT2D eigenvalue weighted by Crippen LogP contribution is 1.72. The Balaban J connectivity index is 0. The molecule has 0 saturated heterocycles. The summed E-state index contributed by atoms with van der Waals surface area (Å²) in [6.07, 6.45) is -0.384. The van der Waals surface area contributed by atoms with Gasteiger partial charge in [0.2, 0.25) is 0 Å². The van der Waals surface area contributed by atoms with E-state index in [0.29, 0.717) is 12.5 Å². The lowest BCUT2D eigenvalue weighted by molar-refractivity contribution is 0.198. The third kappa shape index (κ3) is 7.96. The number of rotatable bonds is 2. The average molecular weight is 259 g/mol. The number of nitrogens with two attached hydrogens (primary N) is 1. The van der Waals surface area contributed by atoms with Crippen molar-refractivity contribution in [2.75, 3.05) is 13.6 Å². The number of nitrogens with zero attached hydrogens (tertiary/aromatic N) is 1. The SMILES string of the molecule is CN=C(N)NC[C@H](C)O.I. The predicted molar refractivity (Wildman–Crippen MR) is 52.6 cm³/mol. The van der Waals surface area contributed by atoms with Crippen molar-refractivity contribution in [1.82, 2.24) is 5.32 Å². The Morgan fingerprint density at radius 3 is 2.60 bits per heavy atom. The highest BCUT2D eigenvalue weighted by atomic mass is 127. The molecule has 0 radical (unpaired) electrons. The molecule has 0 amide bonds. The standard InChI is InChI=1S/C5H13N3O.HI/c1-4(9)3-8-5(6)7-2;/h4,9H,3H2,1-2H3,(H3,6,7,8);1H/t4-;/m0./s1. The number of guanidine groups is 1. The van der Waals surface area contributed by atoms with E-state index in [2.05, 4.69) is 10.3 Å². The van der Waals surface area contributed by atoms with Crippen molar-refractivity contribution < 1.29 is 5.11 Å². The van der Waals surface area contributed by atoms with E-state index in [-0.39, 0.29) is 30.1 Å². The zero-order valence-electron chi connectivity index (χ0n) is 6.16. The van der Waals surface area contributed by atoms with Crippen LogP contribution in [0.2, 0.25) is 0 Å². The molecule has 5 heteroatoms. The van der Waals surface area contributed by atoms with Crippen LogP contribution in [0, 0.1) is 0 Å². The molecule has 0 unspecified atom stereocenters. The van der Waals surface area contributed by atoms with E-state index in [1.54, 1.807) is 14.0 Å². The molecule has 0 rings (SSSR count). The van der Waals surface area contributed by atoms with Crippen LogP contribution in [0.15, 0.2) is 4.99 Å². The molecule has 0 spiro atoms. The van der Waals surface area contributed by atoms with Crippen LogP contribution < -0.4 is 11.1 Å². The molecule has 0 aliphatic heterocycles. The minimum absolute atomic E-state index is 0. The molecule has 62 valence electrons. The Bertz CT molecular complexity index is 105. The number of hydrogen-bond acceptors (Lipinski definition) is 2. The van der Waals surface area contributed by atoms with Gasteiger partial charge in [0.15, 0.2) is 5.96 Å². The van der Waals surface area contributed by atoms with Crippen molar-refractivity contribution in [1.29, 1.82) is 0 Å². The van der Waals surface area contributed by atoms with Crippen molar-refractivity contribution in [2.24, 2.45) is 10.7 Å². The Labute approximate surface area is 77.9 Å². The van der Waals surface area contributed by atoms with Gasteiger partial charge in [-0.1, -0.05) is 0 Å². The number of hydrogen-bond donors (Lipinski definition) is 3. The molecular weight excluding hydrogens is 245 g/mol. The van der Waals surface area contributed by atoms with Gasteiger partial charge in [-0.25, -0.2) is 0 Å². The van der Waals surface area contributed by atoms with Gasteiger partial charge in [0, 0.05) is 13.6 Å². The Hall–Kier alpha value is -0.0400. The van der Waals surface area contributed by atoms with Crippen LogP contribution in [-0.2, 0) is 0 Å². The second-order valence-electron chi connectivity index (χ2n) is 1.84. The molecular formula is C5H14IN3O. The summed E-state index contributed by atoms with van der Waals surface area (Å²) in [5, 5.41) is 11.4. The topological polar surface area (TPSA) is 70.6 Å². The summed E-state index contributed by atoms with van der Waals surface area (Å²) in [6.45, 7) is 2.12. The largest absolute Gasteiger partial charge is 0.392 e. The van der Waals surface area contributed by atoms with E-state index in [1.807, 2.05) is 0 Å². The minimum Gasteiger partial charge on any atom is -0.392 e. The maximum absolute atomic E-state index is 8.72. The Morgan fingerprint density at radius 2 is 2.30 bits per heavy atom. The summed E-state index contributed by atoms with van der Waals surface area (Å²) in [7, 11) is 1.59. The lowest BCUT2D eigenvalue weighted by Crippen LogP contribution is -2.36. The second kappa shape index (κ2) is 7.07. The van der Waals surface area contributed by atoms with E-state index in [9.17, 15) is 0 Å². The van der Waals surface area contributed by atoms with E-state index in [1.165, 1.54) is 0 Å². The van der Waals surface area contributed by atoms with Gasteiger partial charge in [-0.15, -0.1) is 24.0 Å². The monoisotopic (exact) mass is 259 g/mol. The molecule has 0 aromatic carbocycles. The minimum atomic E-state index is -0.384. The van der Waals surface area contributed by atoms with E-state index in [4.69, 9.17) is 10.8 Å². The van der Waals surface area contributed by atoms with Crippen LogP contribution in [0.3, 0.4) is 0 Å². The summed E-state index contributed by atoms with van der Waals surface area (Å²) in [6, 6.07) is 0. The predicted octanol–water partition coefficient (Wildman–Crippen LogP) is -0.481. The lowest BCUT2D eigenvalue weighted by atomic mass is 10.4. The number of aliphatic imine (C=N–C) groups is 1. The molecule has 4 N–H and O–H groups in total. The molecule has 0 aromatic rings. The zero-order chi connectivity index (χ0) is 7.28. The van der Waals surface area contributed by atoms with Crippen molar-refractivity contribution in [3.05, 3.63) is 0 Å². The van der Waals surface area contributed by atoms with Gasteiger partial charge in [-0.3, -0.25) is 4.99 Å².